The molecule has 1 aromatic rings. The zero-order valence-electron chi connectivity index (χ0n) is 9.51. The van der Waals surface area contributed by atoms with Gasteiger partial charge in [0.2, 0.25) is 0 Å². The van der Waals surface area contributed by atoms with Crippen LogP contribution in [-0.2, 0) is 14.6 Å². The highest BCUT2D eigenvalue weighted by Crippen LogP contribution is 2.33. The molecule has 1 unspecified atom stereocenters. The van der Waals surface area contributed by atoms with Crippen LogP contribution in [0.25, 0.3) is 0 Å². The van der Waals surface area contributed by atoms with Gasteiger partial charge in [-0.25, -0.2) is 12.8 Å². The van der Waals surface area contributed by atoms with Crippen LogP contribution in [0.5, 0.6) is 5.75 Å². The van der Waals surface area contributed by atoms with Crippen molar-refractivity contribution in [1.82, 2.24) is 0 Å². The Balaban J connectivity index is 3.49. The molecule has 4 nitrogen and oxygen atoms in total. The predicted octanol–water partition coefficient (Wildman–Crippen LogP) is 1.70. The molecular weight excluding hydrogens is 247 g/mol. The number of benzene rings is 1. The summed E-state index contributed by atoms with van der Waals surface area (Å²) in [5.41, 5.74) is -0.0722. The van der Waals surface area contributed by atoms with E-state index >= 15 is 0 Å². The molecule has 0 spiro atoms. The monoisotopic (exact) mass is 260 g/mol. The van der Waals surface area contributed by atoms with Gasteiger partial charge in [0.25, 0.3) is 0 Å². The third-order valence-electron chi connectivity index (χ3n) is 2.35. The van der Waals surface area contributed by atoms with E-state index in [0.29, 0.717) is 0 Å². The molecule has 0 aliphatic carbocycles. The van der Waals surface area contributed by atoms with Crippen molar-refractivity contribution in [3.05, 3.63) is 23.8 Å². The van der Waals surface area contributed by atoms with Crippen LogP contribution in [0.2, 0.25) is 0 Å². The Morgan fingerprint density at radius 2 is 2.12 bits per heavy atom. The lowest BCUT2D eigenvalue weighted by Gasteiger charge is -2.13. The summed E-state index contributed by atoms with van der Waals surface area (Å²) in [6.07, 6.45) is -1.79. The molecule has 0 N–H and O–H groups in total. The second-order valence-electron chi connectivity index (χ2n) is 3.32. The van der Waals surface area contributed by atoms with Crippen molar-refractivity contribution in [1.29, 1.82) is 0 Å². The lowest BCUT2D eigenvalue weighted by molar-refractivity contribution is -0.112. The summed E-state index contributed by atoms with van der Waals surface area (Å²) < 4.78 is 41.8. The molecule has 0 bridgehead atoms. The zero-order chi connectivity index (χ0) is 13.1. The summed E-state index contributed by atoms with van der Waals surface area (Å²) in [5, 5.41) is 0. The number of aldehydes is 1. The Morgan fingerprint density at radius 1 is 1.47 bits per heavy atom. The molecule has 0 saturated heterocycles. The highest BCUT2D eigenvalue weighted by Gasteiger charge is 2.23. The Labute approximate surface area is 99.3 Å². The average molecular weight is 260 g/mol. The van der Waals surface area contributed by atoms with Crippen molar-refractivity contribution in [2.24, 2.45) is 0 Å². The van der Waals surface area contributed by atoms with Crippen LogP contribution >= 0.6 is 0 Å². The predicted molar refractivity (Wildman–Crippen MR) is 60.6 cm³/mol. The van der Waals surface area contributed by atoms with Crippen molar-refractivity contribution in [2.45, 2.75) is 18.0 Å². The van der Waals surface area contributed by atoms with E-state index in [1.165, 1.54) is 32.2 Å². The van der Waals surface area contributed by atoms with Gasteiger partial charge in [-0.3, -0.25) is 4.79 Å². The van der Waals surface area contributed by atoms with E-state index in [2.05, 4.69) is 0 Å². The number of ether oxygens (including phenoxy) is 1. The molecular formula is C11H13FO4S. The number of para-hydroxylation sites is 1. The molecule has 0 fully saturated rings. The van der Waals surface area contributed by atoms with Gasteiger partial charge in [-0.15, -0.1) is 0 Å². The topological polar surface area (TPSA) is 60.4 Å². The fraction of sp³-hybridized carbons (Fsp3) is 0.364. The van der Waals surface area contributed by atoms with Crippen LogP contribution in [0.1, 0.15) is 18.7 Å². The first kappa shape index (κ1) is 13.6. The van der Waals surface area contributed by atoms with Crippen LogP contribution in [0, 0.1) is 0 Å². The van der Waals surface area contributed by atoms with Crippen LogP contribution in [-0.4, -0.2) is 27.6 Å². The van der Waals surface area contributed by atoms with Gasteiger partial charge in [0, 0.05) is 5.56 Å². The Bertz CT molecular complexity index is 510. The van der Waals surface area contributed by atoms with Crippen LogP contribution < -0.4 is 4.74 Å². The maximum Gasteiger partial charge on any atom is 0.184 e. The third-order valence-corrected chi connectivity index (χ3v) is 4.10. The second-order valence-corrected chi connectivity index (χ2v) is 5.57. The summed E-state index contributed by atoms with van der Waals surface area (Å²) in [6.45, 7) is 1.48. The van der Waals surface area contributed by atoms with E-state index in [1.54, 1.807) is 0 Å². The number of carbonyl (C=O) groups is 1. The standard InChI is InChI=1S/C11H13FO4S/c1-3-17(14,15)10-6-4-5-8(9(12)7-13)11(10)16-2/h4-7,9H,3H2,1-2H3. The largest absolute Gasteiger partial charge is 0.495 e. The maximum absolute atomic E-state index is 13.3. The van der Waals surface area contributed by atoms with Gasteiger partial charge in [-0.2, -0.15) is 0 Å². The summed E-state index contributed by atoms with van der Waals surface area (Å²) in [7, 11) is -2.27. The van der Waals surface area contributed by atoms with E-state index < -0.39 is 16.0 Å². The van der Waals surface area contributed by atoms with E-state index in [1.807, 2.05) is 0 Å². The van der Waals surface area contributed by atoms with Crippen LogP contribution in [0.3, 0.4) is 0 Å². The first-order chi connectivity index (χ1) is 7.97. The second kappa shape index (κ2) is 5.27. The van der Waals surface area contributed by atoms with Gasteiger partial charge in [0.15, 0.2) is 22.3 Å². The molecule has 1 atom stereocenters. The quantitative estimate of drug-likeness (QED) is 0.756. The Hall–Kier alpha value is -1.43. The molecule has 6 heteroatoms. The molecule has 0 aliphatic heterocycles. The van der Waals surface area contributed by atoms with Crippen molar-refractivity contribution in [2.75, 3.05) is 12.9 Å². The summed E-state index contributed by atoms with van der Waals surface area (Å²) >= 11 is 0. The number of carbonyl (C=O) groups excluding carboxylic acids is 1. The molecule has 0 heterocycles. The number of methoxy groups -OCH3 is 1. The van der Waals surface area contributed by atoms with Gasteiger partial charge >= 0.3 is 0 Å². The number of sulfone groups is 1. The molecule has 0 aliphatic rings. The van der Waals surface area contributed by atoms with Gasteiger partial charge in [-0.05, 0) is 6.07 Å². The minimum absolute atomic E-state index is 0.0722. The molecule has 1 aromatic carbocycles. The first-order valence-corrected chi connectivity index (χ1v) is 6.62. The lowest BCUT2D eigenvalue weighted by Crippen LogP contribution is -2.08. The highest BCUT2D eigenvalue weighted by atomic mass is 32.2. The van der Waals surface area contributed by atoms with E-state index in [9.17, 15) is 17.6 Å². The fourth-order valence-electron chi connectivity index (χ4n) is 1.44. The minimum Gasteiger partial charge on any atom is -0.495 e. The van der Waals surface area contributed by atoms with E-state index in [-0.39, 0.29) is 28.2 Å². The molecule has 0 amide bonds. The number of hydrogen-bond acceptors (Lipinski definition) is 4. The van der Waals surface area contributed by atoms with E-state index in [0.717, 1.165) is 0 Å². The summed E-state index contributed by atoms with van der Waals surface area (Å²) in [6, 6.07) is 4.04. The zero-order valence-corrected chi connectivity index (χ0v) is 10.3. The molecule has 0 aromatic heterocycles. The minimum atomic E-state index is -3.51. The van der Waals surface area contributed by atoms with Crippen LogP contribution in [0.15, 0.2) is 23.1 Å². The molecule has 1 rings (SSSR count). The summed E-state index contributed by atoms with van der Waals surface area (Å²) in [5.74, 6) is -0.223. The van der Waals surface area contributed by atoms with Gasteiger partial charge in [0.05, 0.1) is 12.9 Å². The average Bonchev–Trinajstić information content (AvgIpc) is 2.36. The normalized spacial score (nSPS) is 13.1. The van der Waals surface area contributed by atoms with Gasteiger partial charge < -0.3 is 4.74 Å². The molecule has 0 saturated carbocycles. The fourth-order valence-corrected chi connectivity index (χ4v) is 2.52. The van der Waals surface area contributed by atoms with Crippen molar-refractivity contribution in [3.8, 4) is 5.75 Å². The Morgan fingerprint density at radius 3 is 2.59 bits per heavy atom. The van der Waals surface area contributed by atoms with Gasteiger partial charge in [0.1, 0.15) is 10.6 Å². The van der Waals surface area contributed by atoms with Crippen molar-refractivity contribution >= 4 is 16.1 Å². The van der Waals surface area contributed by atoms with Crippen LogP contribution in [0.4, 0.5) is 4.39 Å². The van der Waals surface area contributed by atoms with Crippen molar-refractivity contribution in [3.63, 3.8) is 0 Å². The Kier molecular flexibility index (Phi) is 4.22. The third kappa shape index (κ3) is 2.63. The SMILES string of the molecule is CCS(=O)(=O)c1cccc(C(F)C=O)c1OC. The highest BCUT2D eigenvalue weighted by molar-refractivity contribution is 7.91. The first-order valence-electron chi connectivity index (χ1n) is 4.97. The molecule has 17 heavy (non-hydrogen) atoms. The molecule has 94 valence electrons. The number of rotatable bonds is 5. The lowest BCUT2D eigenvalue weighted by atomic mass is 10.1. The summed E-state index contributed by atoms with van der Waals surface area (Å²) in [4.78, 5) is 10.3. The number of hydrogen-bond donors (Lipinski definition) is 0. The number of halogens is 1. The maximum atomic E-state index is 13.3. The van der Waals surface area contributed by atoms with E-state index in [4.69, 9.17) is 4.74 Å². The number of alkyl halides is 1. The smallest absolute Gasteiger partial charge is 0.184 e. The molecule has 0 radical (unpaired) electrons. The van der Waals surface area contributed by atoms with Gasteiger partial charge in [-0.1, -0.05) is 19.1 Å². The van der Waals surface area contributed by atoms with Crippen molar-refractivity contribution < 1.29 is 22.3 Å².